The first-order valence-corrected chi connectivity index (χ1v) is 5.48. The Bertz CT molecular complexity index is 199. The summed E-state index contributed by atoms with van der Waals surface area (Å²) >= 11 is 0. The van der Waals surface area contributed by atoms with Crippen LogP contribution >= 0.6 is 0 Å². The average molecular weight is 216 g/mol. The van der Waals surface area contributed by atoms with E-state index < -0.39 is 17.4 Å². The number of carboxylic acid groups (broad SMARTS) is 2. The van der Waals surface area contributed by atoms with Crippen LogP contribution in [0.1, 0.15) is 52.4 Å². The van der Waals surface area contributed by atoms with Crippen molar-refractivity contribution in [1.82, 2.24) is 0 Å². The molecular formula is C11H20O4. The van der Waals surface area contributed by atoms with E-state index in [-0.39, 0.29) is 12.8 Å². The lowest BCUT2D eigenvalue weighted by Gasteiger charge is -2.24. The number of rotatable bonds is 8. The number of hydrogen-bond donors (Lipinski definition) is 2. The molecule has 0 aliphatic rings. The molecule has 0 radical (unpaired) electrons. The normalized spacial score (nSPS) is 11.3. The van der Waals surface area contributed by atoms with Crippen LogP contribution in [-0.4, -0.2) is 22.2 Å². The highest BCUT2D eigenvalue weighted by Gasteiger charge is 2.44. The summed E-state index contributed by atoms with van der Waals surface area (Å²) in [6.45, 7) is 3.85. The number of aliphatic carboxylic acids is 2. The fourth-order valence-corrected chi connectivity index (χ4v) is 1.60. The van der Waals surface area contributed by atoms with E-state index in [9.17, 15) is 9.59 Å². The number of carboxylic acids is 2. The third-order valence-corrected chi connectivity index (χ3v) is 2.73. The second-order valence-electron chi connectivity index (χ2n) is 3.90. The van der Waals surface area contributed by atoms with Crippen LogP contribution < -0.4 is 0 Å². The minimum absolute atomic E-state index is 0.230. The summed E-state index contributed by atoms with van der Waals surface area (Å²) < 4.78 is 0. The molecule has 4 nitrogen and oxygen atoms in total. The van der Waals surface area contributed by atoms with Gasteiger partial charge in [0.25, 0.3) is 0 Å². The van der Waals surface area contributed by atoms with Gasteiger partial charge in [-0.25, -0.2) is 0 Å². The topological polar surface area (TPSA) is 74.6 Å². The van der Waals surface area contributed by atoms with Gasteiger partial charge in [0, 0.05) is 0 Å². The highest BCUT2D eigenvalue weighted by molar-refractivity contribution is 5.98. The Balaban J connectivity index is 4.73. The van der Waals surface area contributed by atoms with E-state index in [1.54, 1.807) is 0 Å². The quantitative estimate of drug-likeness (QED) is 0.611. The van der Waals surface area contributed by atoms with E-state index in [2.05, 4.69) is 0 Å². The summed E-state index contributed by atoms with van der Waals surface area (Å²) in [7, 11) is 0. The van der Waals surface area contributed by atoms with Crippen molar-refractivity contribution in [2.24, 2.45) is 5.41 Å². The Morgan fingerprint density at radius 2 is 1.27 bits per heavy atom. The Morgan fingerprint density at radius 3 is 1.47 bits per heavy atom. The summed E-state index contributed by atoms with van der Waals surface area (Å²) in [6.07, 6.45) is 3.37. The van der Waals surface area contributed by atoms with Gasteiger partial charge in [-0.05, 0) is 12.8 Å². The molecule has 0 atom stereocenters. The molecule has 0 bridgehead atoms. The summed E-state index contributed by atoms with van der Waals surface area (Å²) in [5.74, 6) is -2.39. The van der Waals surface area contributed by atoms with Crippen LogP contribution in [0.15, 0.2) is 0 Å². The van der Waals surface area contributed by atoms with Crippen molar-refractivity contribution in [2.75, 3.05) is 0 Å². The first kappa shape index (κ1) is 13.9. The Labute approximate surface area is 90.3 Å². The van der Waals surface area contributed by atoms with Gasteiger partial charge in [0.2, 0.25) is 0 Å². The molecule has 2 N–H and O–H groups in total. The molecule has 0 aromatic rings. The highest BCUT2D eigenvalue weighted by atomic mass is 16.4. The van der Waals surface area contributed by atoms with Crippen molar-refractivity contribution >= 4 is 11.9 Å². The Morgan fingerprint density at radius 1 is 0.933 bits per heavy atom. The number of unbranched alkanes of at least 4 members (excludes halogenated alkanes) is 2. The van der Waals surface area contributed by atoms with Crippen molar-refractivity contribution in [2.45, 2.75) is 52.4 Å². The molecule has 0 aromatic heterocycles. The zero-order chi connectivity index (χ0) is 11.9. The van der Waals surface area contributed by atoms with Gasteiger partial charge < -0.3 is 10.2 Å². The molecule has 0 saturated heterocycles. The van der Waals surface area contributed by atoms with Gasteiger partial charge >= 0.3 is 11.9 Å². The highest BCUT2D eigenvalue weighted by Crippen LogP contribution is 2.32. The predicted molar refractivity (Wildman–Crippen MR) is 56.8 cm³/mol. The smallest absolute Gasteiger partial charge is 0.321 e. The van der Waals surface area contributed by atoms with Crippen LogP contribution in [0.2, 0.25) is 0 Å². The summed E-state index contributed by atoms with van der Waals surface area (Å²) in [6, 6.07) is 0. The molecule has 0 aliphatic carbocycles. The third kappa shape index (κ3) is 3.53. The van der Waals surface area contributed by atoms with Crippen LogP contribution in [0.25, 0.3) is 0 Å². The molecule has 0 fully saturated rings. The molecule has 0 spiro atoms. The molecule has 0 aliphatic heterocycles. The van der Waals surface area contributed by atoms with Crippen LogP contribution in [-0.2, 0) is 9.59 Å². The average Bonchev–Trinajstić information content (AvgIpc) is 2.17. The maximum Gasteiger partial charge on any atom is 0.321 e. The number of carbonyl (C=O) groups is 2. The third-order valence-electron chi connectivity index (χ3n) is 2.73. The first-order valence-electron chi connectivity index (χ1n) is 5.48. The zero-order valence-corrected chi connectivity index (χ0v) is 9.45. The molecule has 0 amide bonds. The van der Waals surface area contributed by atoms with Gasteiger partial charge in [-0.3, -0.25) is 9.59 Å². The van der Waals surface area contributed by atoms with E-state index >= 15 is 0 Å². The molecule has 0 unspecified atom stereocenters. The molecule has 0 aromatic carbocycles. The maximum absolute atomic E-state index is 11.1. The lowest BCUT2D eigenvalue weighted by atomic mass is 9.78. The minimum atomic E-state index is -1.56. The van der Waals surface area contributed by atoms with Gasteiger partial charge in [0.05, 0.1) is 0 Å². The van der Waals surface area contributed by atoms with Gasteiger partial charge in [-0.15, -0.1) is 0 Å². The number of hydrogen-bond acceptors (Lipinski definition) is 2. The summed E-state index contributed by atoms with van der Waals surface area (Å²) in [5, 5.41) is 18.1. The molecule has 0 rings (SSSR count). The second-order valence-corrected chi connectivity index (χ2v) is 3.90. The lowest BCUT2D eigenvalue weighted by molar-refractivity contribution is -0.166. The van der Waals surface area contributed by atoms with Gasteiger partial charge in [-0.1, -0.05) is 39.5 Å². The maximum atomic E-state index is 11.1. The van der Waals surface area contributed by atoms with Crippen molar-refractivity contribution in [1.29, 1.82) is 0 Å². The largest absolute Gasteiger partial charge is 0.480 e. The lowest BCUT2D eigenvalue weighted by Crippen LogP contribution is -2.39. The van der Waals surface area contributed by atoms with Crippen molar-refractivity contribution in [3.8, 4) is 0 Å². The SMILES string of the molecule is CCCCC(CCCC)(C(=O)O)C(=O)O. The molecule has 4 heteroatoms. The van der Waals surface area contributed by atoms with E-state index in [1.807, 2.05) is 13.8 Å². The van der Waals surface area contributed by atoms with Crippen molar-refractivity contribution < 1.29 is 19.8 Å². The van der Waals surface area contributed by atoms with Crippen LogP contribution in [0, 0.1) is 5.41 Å². The predicted octanol–water partition coefficient (Wildman–Crippen LogP) is 2.52. The fraction of sp³-hybridized carbons (Fsp3) is 0.818. The standard InChI is InChI=1S/C11H20O4/c1-3-5-7-11(9(12)13,10(14)15)8-6-4-2/h3-8H2,1-2H3,(H,12,13)(H,14,15). The summed E-state index contributed by atoms with van der Waals surface area (Å²) in [5.41, 5.74) is -1.56. The second kappa shape index (κ2) is 6.43. The minimum Gasteiger partial charge on any atom is -0.480 e. The van der Waals surface area contributed by atoms with Crippen LogP contribution in [0.5, 0.6) is 0 Å². The van der Waals surface area contributed by atoms with E-state index in [0.717, 1.165) is 12.8 Å². The van der Waals surface area contributed by atoms with Gasteiger partial charge in [-0.2, -0.15) is 0 Å². The molecule has 0 saturated carbocycles. The molecular weight excluding hydrogens is 196 g/mol. The van der Waals surface area contributed by atoms with Crippen LogP contribution in [0.3, 0.4) is 0 Å². The van der Waals surface area contributed by atoms with Gasteiger partial charge in [0.15, 0.2) is 5.41 Å². The Hall–Kier alpha value is -1.06. The van der Waals surface area contributed by atoms with Gasteiger partial charge in [0.1, 0.15) is 0 Å². The van der Waals surface area contributed by atoms with E-state index in [4.69, 9.17) is 10.2 Å². The monoisotopic (exact) mass is 216 g/mol. The fourth-order valence-electron chi connectivity index (χ4n) is 1.60. The van der Waals surface area contributed by atoms with E-state index in [0.29, 0.717) is 12.8 Å². The molecule has 0 heterocycles. The van der Waals surface area contributed by atoms with Crippen molar-refractivity contribution in [3.63, 3.8) is 0 Å². The van der Waals surface area contributed by atoms with Crippen molar-refractivity contribution in [3.05, 3.63) is 0 Å². The zero-order valence-electron chi connectivity index (χ0n) is 9.45. The summed E-state index contributed by atoms with van der Waals surface area (Å²) in [4.78, 5) is 22.2. The molecule has 15 heavy (non-hydrogen) atoms. The van der Waals surface area contributed by atoms with E-state index in [1.165, 1.54) is 0 Å². The van der Waals surface area contributed by atoms with Crippen LogP contribution in [0.4, 0.5) is 0 Å². The Kier molecular flexibility index (Phi) is 5.97. The molecule has 88 valence electrons. The first-order chi connectivity index (χ1) is 7.01.